The van der Waals surface area contributed by atoms with Crippen LogP contribution in [0.25, 0.3) is 10.4 Å². The van der Waals surface area contributed by atoms with Gasteiger partial charge in [0.05, 0.1) is 0 Å². The number of carbonyl (C=O) groups is 1. The van der Waals surface area contributed by atoms with Crippen LogP contribution in [0.5, 0.6) is 0 Å². The molecule has 21 heavy (non-hydrogen) atoms. The zero-order valence-electron chi connectivity index (χ0n) is 11.1. The number of nitrogens with zero attached hydrogens (tertiary/aromatic N) is 2. The Morgan fingerprint density at radius 1 is 1.43 bits per heavy atom. The summed E-state index contributed by atoms with van der Waals surface area (Å²) < 4.78 is 0. The van der Waals surface area contributed by atoms with Gasteiger partial charge in [-0.25, -0.2) is 14.8 Å². The molecule has 3 heterocycles. The van der Waals surface area contributed by atoms with Crippen LogP contribution >= 0.6 is 11.3 Å². The van der Waals surface area contributed by atoms with Gasteiger partial charge in [-0.3, -0.25) is 0 Å². The summed E-state index contributed by atoms with van der Waals surface area (Å²) in [5.74, 6) is 0.0589. The van der Waals surface area contributed by atoms with Crippen molar-refractivity contribution in [1.29, 1.82) is 0 Å². The molecular formula is C15H13N3O2S. The Morgan fingerprint density at radius 3 is 3.00 bits per heavy atom. The fourth-order valence-electron chi connectivity index (χ4n) is 2.04. The summed E-state index contributed by atoms with van der Waals surface area (Å²) in [4.78, 5) is 20.9. The number of hydrogen-bond acceptors (Lipinski definition) is 5. The second kappa shape index (κ2) is 5.88. The van der Waals surface area contributed by atoms with Gasteiger partial charge in [0, 0.05) is 29.3 Å². The summed E-state index contributed by atoms with van der Waals surface area (Å²) in [6, 6.07) is 5.51. The molecule has 0 unspecified atom stereocenters. The lowest BCUT2D eigenvalue weighted by Crippen LogP contribution is -2.16. The van der Waals surface area contributed by atoms with Crippen LogP contribution in [-0.4, -0.2) is 21.9 Å². The largest absolute Gasteiger partial charge is 0.478 e. The molecule has 0 bridgehead atoms. The first kappa shape index (κ1) is 13.5. The van der Waals surface area contributed by atoms with Crippen LogP contribution < -0.4 is 5.32 Å². The normalized spacial score (nSPS) is 13.8. The van der Waals surface area contributed by atoms with E-state index in [0.29, 0.717) is 5.82 Å². The lowest BCUT2D eigenvalue weighted by atomic mass is 10.1. The number of pyridine rings is 1. The molecule has 106 valence electrons. The van der Waals surface area contributed by atoms with Crippen LogP contribution in [-0.2, 0) is 0 Å². The summed E-state index contributed by atoms with van der Waals surface area (Å²) in [6.45, 7) is 0. The standard InChI is InChI=1S/C15H13N3O2S/c19-15(20)11-8-10(12-4-3-7-21-12)9-17-14(11)18-13-5-1-2-6-16-13/h2-4,6-9H,1,5H2,(H,19,20)(H,16,17,18). The first-order valence-corrected chi connectivity index (χ1v) is 7.38. The predicted octanol–water partition coefficient (Wildman–Crippen LogP) is 3.63. The molecule has 2 aromatic heterocycles. The number of amidine groups is 1. The quantitative estimate of drug-likeness (QED) is 0.907. The Kier molecular flexibility index (Phi) is 3.79. The molecule has 0 saturated heterocycles. The van der Waals surface area contributed by atoms with Gasteiger partial charge in [0.25, 0.3) is 0 Å². The Morgan fingerprint density at radius 2 is 2.33 bits per heavy atom. The SMILES string of the molecule is O=C(O)c1cc(-c2cccs2)cnc1NC1=NC=CCC1. The maximum Gasteiger partial charge on any atom is 0.339 e. The highest BCUT2D eigenvalue weighted by Gasteiger charge is 2.15. The van der Waals surface area contributed by atoms with E-state index in [1.165, 1.54) is 0 Å². The topological polar surface area (TPSA) is 74.6 Å². The molecule has 0 aliphatic carbocycles. The highest BCUT2D eigenvalue weighted by atomic mass is 32.1. The number of hydrogen-bond donors (Lipinski definition) is 2. The molecule has 6 heteroatoms. The Bertz CT molecular complexity index is 721. The van der Waals surface area contributed by atoms with E-state index in [-0.39, 0.29) is 5.56 Å². The van der Waals surface area contributed by atoms with E-state index in [1.54, 1.807) is 29.8 Å². The van der Waals surface area contributed by atoms with Crippen molar-refractivity contribution in [2.24, 2.45) is 4.99 Å². The van der Waals surface area contributed by atoms with Crippen molar-refractivity contribution in [2.45, 2.75) is 12.8 Å². The van der Waals surface area contributed by atoms with Crippen LogP contribution in [0.1, 0.15) is 23.2 Å². The smallest absolute Gasteiger partial charge is 0.339 e. The number of aromatic nitrogens is 1. The maximum absolute atomic E-state index is 11.5. The van der Waals surface area contributed by atoms with Crippen LogP contribution in [0.3, 0.4) is 0 Å². The molecule has 0 spiro atoms. The number of carboxylic acids is 1. The Balaban J connectivity index is 1.95. The minimum absolute atomic E-state index is 0.151. The van der Waals surface area contributed by atoms with Crippen LogP contribution in [0.4, 0.5) is 5.82 Å². The first-order valence-electron chi connectivity index (χ1n) is 6.50. The maximum atomic E-state index is 11.5. The number of aliphatic imine (C=N–C) groups is 1. The molecule has 2 N–H and O–H groups in total. The van der Waals surface area contributed by atoms with Gasteiger partial charge in [0.2, 0.25) is 0 Å². The number of rotatable bonds is 3. The van der Waals surface area contributed by atoms with Gasteiger partial charge in [-0.15, -0.1) is 11.3 Å². The monoisotopic (exact) mass is 299 g/mol. The lowest BCUT2D eigenvalue weighted by Gasteiger charge is -2.12. The summed E-state index contributed by atoms with van der Waals surface area (Å²) in [5.41, 5.74) is 0.955. The van der Waals surface area contributed by atoms with E-state index in [4.69, 9.17) is 0 Å². The number of carboxylic acid groups (broad SMARTS) is 1. The van der Waals surface area contributed by atoms with Crippen molar-refractivity contribution in [3.05, 3.63) is 47.6 Å². The molecule has 0 atom stereocenters. The fraction of sp³-hybridized carbons (Fsp3) is 0.133. The summed E-state index contributed by atoms with van der Waals surface area (Å²) in [5, 5.41) is 14.3. The predicted molar refractivity (Wildman–Crippen MR) is 83.9 cm³/mol. The third kappa shape index (κ3) is 3.00. The van der Waals surface area contributed by atoms with E-state index >= 15 is 0 Å². The molecule has 1 aliphatic heterocycles. The minimum Gasteiger partial charge on any atom is -0.478 e. The third-order valence-electron chi connectivity index (χ3n) is 3.07. The molecule has 5 nitrogen and oxygen atoms in total. The number of allylic oxidation sites excluding steroid dienone is 1. The van der Waals surface area contributed by atoms with Crippen molar-refractivity contribution in [3.8, 4) is 10.4 Å². The first-order chi connectivity index (χ1) is 10.2. The molecular weight excluding hydrogens is 286 g/mol. The van der Waals surface area contributed by atoms with Gasteiger partial charge in [0.1, 0.15) is 17.2 Å². The van der Waals surface area contributed by atoms with E-state index in [2.05, 4.69) is 15.3 Å². The number of nitrogens with one attached hydrogen (secondary N) is 1. The molecule has 0 saturated carbocycles. The van der Waals surface area contributed by atoms with Gasteiger partial charge in [0.15, 0.2) is 0 Å². The van der Waals surface area contributed by atoms with Crippen molar-refractivity contribution >= 4 is 29.0 Å². The molecule has 3 rings (SSSR count). The van der Waals surface area contributed by atoms with Crippen molar-refractivity contribution < 1.29 is 9.90 Å². The molecule has 0 fully saturated rings. The van der Waals surface area contributed by atoms with E-state index in [0.717, 1.165) is 29.1 Å². The van der Waals surface area contributed by atoms with Gasteiger partial charge in [-0.05, 0) is 23.9 Å². The third-order valence-corrected chi connectivity index (χ3v) is 3.99. The molecule has 0 aromatic carbocycles. The van der Waals surface area contributed by atoms with Crippen LogP contribution in [0, 0.1) is 0 Å². The zero-order valence-corrected chi connectivity index (χ0v) is 11.9. The molecule has 1 aliphatic rings. The molecule has 2 aromatic rings. The van der Waals surface area contributed by atoms with Gasteiger partial charge in [-0.2, -0.15) is 0 Å². The highest BCUT2D eigenvalue weighted by molar-refractivity contribution is 7.13. The fourth-order valence-corrected chi connectivity index (χ4v) is 2.75. The van der Waals surface area contributed by atoms with E-state index in [1.807, 2.05) is 23.6 Å². The summed E-state index contributed by atoms with van der Waals surface area (Å²) in [6.07, 6.45) is 7.01. The van der Waals surface area contributed by atoms with Crippen LogP contribution in [0.2, 0.25) is 0 Å². The van der Waals surface area contributed by atoms with Crippen molar-refractivity contribution in [2.75, 3.05) is 5.32 Å². The average molecular weight is 299 g/mol. The zero-order chi connectivity index (χ0) is 14.7. The van der Waals surface area contributed by atoms with Crippen LogP contribution in [0.15, 0.2) is 47.0 Å². The van der Waals surface area contributed by atoms with E-state index < -0.39 is 5.97 Å². The van der Waals surface area contributed by atoms with Gasteiger partial charge in [-0.1, -0.05) is 12.1 Å². The second-order valence-electron chi connectivity index (χ2n) is 4.53. The van der Waals surface area contributed by atoms with E-state index in [9.17, 15) is 9.90 Å². The number of aromatic carboxylic acids is 1. The summed E-state index contributed by atoms with van der Waals surface area (Å²) >= 11 is 1.55. The summed E-state index contributed by atoms with van der Waals surface area (Å²) in [7, 11) is 0. The molecule has 0 amide bonds. The van der Waals surface area contributed by atoms with Gasteiger partial charge >= 0.3 is 5.97 Å². The Labute approximate surface area is 125 Å². The highest BCUT2D eigenvalue weighted by Crippen LogP contribution is 2.27. The van der Waals surface area contributed by atoms with Gasteiger partial charge < -0.3 is 10.4 Å². The van der Waals surface area contributed by atoms with Crippen molar-refractivity contribution in [3.63, 3.8) is 0 Å². The number of anilines is 1. The van der Waals surface area contributed by atoms with Crippen molar-refractivity contribution in [1.82, 2.24) is 4.98 Å². The minimum atomic E-state index is -1.00. The lowest BCUT2D eigenvalue weighted by molar-refractivity contribution is 0.0697. The average Bonchev–Trinajstić information content (AvgIpc) is 3.03. The second-order valence-corrected chi connectivity index (χ2v) is 5.47. The number of thiophene rings is 1. The Hall–Kier alpha value is -2.47. The molecule has 0 radical (unpaired) electrons.